The normalized spacial score (nSPS) is 23.4. The molecular formula is C12H23N3O3. The number of nitrogens with one attached hydrogen (secondary N) is 3. The van der Waals surface area contributed by atoms with Gasteiger partial charge in [0, 0.05) is 20.2 Å². The van der Waals surface area contributed by atoms with Gasteiger partial charge in [-0.3, -0.25) is 9.59 Å². The maximum Gasteiger partial charge on any atom is 0.239 e. The fourth-order valence-electron chi connectivity index (χ4n) is 1.98. The second kappa shape index (κ2) is 7.33. The Morgan fingerprint density at radius 1 is 1.39 bits per heavy atom. The number of amides is 2. The zero-order valence-electron chi connectivity index (χ0n) is 11.2. The van der Waals surface area contributed by atoms with Gasteiger partial charge in [0.2, 0.25) is 11.8 Å². The van der Waals surface area contributed by atoms with Crippen LogP contribution in [0.1, 0.15) is 19.8 Å². The number of hydrogen-bond donors (Lipinski definition) is 3. The Balaban J connectivity index is 2.25. The number of piperidine rings is 1. The van der Waals surface area contributed by atoms with Gasteiger partial charge in [0.25, 0.3) is 0 Å². The van der Waals surface area contributed by atoms with Crippen molar-refractivity contribution in [2.24, 2.45) is 5.41 Å². The van der Waals surface area contributed by atoms with Crippen molar-refractivity contribution in [1.82, 2.24) is 16.0 Å². The van der Waals surface area contributed by atoms with E-state index in [1.165, 1.54) is 0 Å². The number of hydrogen-bond acceptors (Lipinski definition) is 4. The Morgan fingerprint density at radius 2 is 2.17 bits per heavy atom. The van der Waals surface area contributed by atoms with Crippen LogP contribution < -0.4 is 16.0 Å². The minimum atomic E-state index is -0.398. The predicted octanol–water partition coefficient (Wildman–Crippen LogP) is -0.745. The number of ether oxygens (including phenoxy) is 1. The van der Waals surface area contributed by atoms with Crippen LogP contribution in [-0.2, 0) is 14.3 Å². The van der Waals surface area contributed by atoms with Gasteiger partial charge in [-0.15, -0.1) is 0 Å². The van der Waals surface area contributed by atoms with Crippen molar-refractivity contribution in [3.05, 3.63) is 0 Å². The van der Waals surface area contributed by atoms with E-state index < -0.39 is 5.41 Å². The molecule has 18 heavy (non-hydrogen) atoms. The molecule has 1 atom stereocenters. The standard InChI is InChI=1S/C12H23N3O3/c1-12(4-3-5-13-9-12)11(17)15-8-10(16)14-6-7-18-2/h13H,3-9H2,1-2H3,(H,14,16)(H,15,17). The van der Waals surface area contributed by atoms with Gasteiger partial charge in [-0.05, 0) is 26.3 Å². The molecule has 6 heteroatoms. The molecule has 0 bridgehead atoms. The van der Waals surface area contributed by atoms with Gasteiger partial charge in [-0.25, -0.2) is 0 Å². The third kappa shape index (κ3) is 4.62. The summed E-state index contributed by atoms with van der Waals surface area (Å²) in [5.74, 6) is -0.246. The van der Waals surface area contributed by atoms with Crippen molar-refractivity contribution < 1.29 is 14.3 Å². The summed E-state index contributed by atoms with van der Waals surface area (Å²) in [4.78, 5) is 23.4. The van der Waals surface area contributed by atoms with Crippen LogP contribution in [0.3, 0.4) is 0 Å². The topological polar surface area (TPSA) is 79.5 Å². The summed E-state index contributed by atoms with van der Waals surface area (Å²) in [5.41, 5.74) is -0.398. The Kier molecular flexibility index (Phi) is 6.07. The van der Waals surface area contributed by atoms with Crippen molar-refractivity contribution in [3.8, 4) is 0 Å². The summed E-state index contributed by atoms with van der Waals surface area (Å²) in [6, 6.07) is 0. The van der Waals surface area contributed by atoms with Gasteiger partial charge in [0.05, 0.1) is 18.6 Å². The van der Waals surface area contributed by atoms with E-state index in [-0.39, 0.29) is 18.4 Å². The van der Waals surface area contributed by atoms with Crippen LogP contribution in [0.4, 0.5) is 0 Å². The summed E-state index contributed by atoms with van der Waals surface area (Å²) in [6.07, 6.45) is 1.85. The van der Waals surface area contributed by atoms with Crippen LogP contribution in [0.15, 0.2) is 0 Å². The van der Waals surface area contributed by atoms with E-state index in [4.69, 9.17) is 4.74 Å². The largest absolute Gasteiger partial charge is 0.383 e. The van der Waals surface area contributed by atoms with Gasteiger partial charge in [0.1, 0.15) is 0 Å². The molecule has 1 fully saturated rings. The molecule has 1 rings (SSSR count). The lowest BCUT2D eigenvalue weighted by Crippen LogP contribution is -2.50. The summed E-state index contributed by atoms with van der Waals surface area (Å²) in [6.45, 7) is 4.52. The second-order valence-corrected chi connectivity index (χ2v) is 4.87. The predicted molar refractivity (Wildman–Crippen MR) is 68.1 cm³/mol. The van der Waals surface area contributed by atoms with E-state index in [1.807, 2.05) is 6.92 Å². The summed E-state index contributed by atoms with van der Waals surface area (Å²) >= 11 is 0. The van der Waals surface area contributed by atoms with E-state index in [2.05, 4.69) is 16.0 Å². The first-order chi connectivity index (χ1) is 8.58. The van der Waals surface area contributed by atoms with Gasteiger partial charge in [-0.1, -0.05) is 0 Å². The van der Waals surface area contributed by atoms with E-state index in [0.29, 0.717) is 19.7 Å². The van der Waals surface area contributed by atoms with Crippen LogP contribution in [0.5, 0.6) is 0 Å². The van der Waals surface area contributed by atoms with Crippen LogP contribution in [0, 0.1) is 5.41 Å². The number of carbonyl (C=O) groups excluding carboxylic acids is 2. The fraction of sp³-hybridized carbons (Fsp3) is 0.833. The van der Waals surface area contributed by atoms with Crippen LogP contribution >= 0.6 is 0 Å². The maximum absolute atomic E-state index is 12.0. The number of carbonyl (C=O) groups is 2. The van der Waals surface area contributed by atoms with Crippen molar-refractivity contribution >= 4 is 11.8 Å². The maximum atomic E-state index is 12.0. The minimum absolute atomic E-state index is 0.0259. The summed E-state index contributed by atoms with van der Waals surface area (Å²) < 4.78 is 4.82. The molecule has 1 heterocycles. The summed E-state index contributed by atoms with van der Waals surface area (Å²) in [5, 5.41) is 8.56. The van der Waals surface area contributed by atoms with Crippen molar-refractivity contribution in [1.29, 1.82) is 0 Å². The van der Waals surface area contributed by atoms with E-state index >= 15 is 0 Å². The minimum Gasteiger partial charge on any atom is -0.383 e. The quantitative estimate of drug-likeness (QED) is 0.547. The highest BCUT2D eigenvalue weighted by molar-refractivity contribution is 5.87. The zero-order valence-corrected chi connectivity index (χ0v) is 11.2. The molecule has 1 saturated heterocycles. The molecule has 3 N–H and O–H groups in total. The molecule has 0 aromatic rings. The molecule has 0 aromatic heterocycles. The third-order valence-electron chi connectivity index (χ3n) is 3.18. The highest BCUT2D eigenvalue weighted by Gasteiger charge is 2.34. The lowest BCUT2D eigenvalue weighted by Gasteiger charge is -2.32. The number of methoxy groups -OCH3 is 1. The molecule has 6 nitrogen and oxygen atoms in total. The van der Waals surface area contributed by atoms with E-state index in [9.17, 15) is 9.59 Å². The lowest BCUT2D eigenvalue weighted by molar-refractivity contribution is -0.133. The molecule has 0 aliphatic carbocycles. The SMILES string of the molecule is COCCNC(=O)CNC(=O)C1(C)CCCNC1. The van der Waals surface area contributed by atoms with E-state index in [0.717, 1.165) is 19.4 Å². The average molecular weight is 257 g/mol. The van der Waals surface area contributed by atoms with Crippen molar-refractivity contribution in [2.75, 3.05) is 39.9 Å². The van der Waals surface area contributed by atoms with E-state index in [1.54, 1.807) is 7.11 Å². The van der Waals surface area contributed by atoms with Gasteiger partial charge >= 0.3 is 0 Å². The van der Waals surface area contributed by atoms with Gasteiger partial charge in [0.15, 0.2) is 0 Å². The molecule has 1 aliphatic rings. The number of rotatable bonds is 6. The molecule has 1 aliphatic heterocycles. The summed E-state index contributed by atoms with van der Waals surface area (Å²) in [7, 11) is 1.57. The zero-order chi connectivity index (χ0) is 13.4. The van der Waals surface area contributed by atoms with Crippen molar-refractivity contribution in [3.63, 3.8) is 0 Å². The first-order valence-electron chi connectivity index (χ1n) is 6.33. The Morgan fingerprint density at radius 3 is 2.78 bits per heavy atom. The first-order valence-corrected chi connectivity index (χ1v) is 6.33. The van der Waals surface area contributed by atoms with Crippen molar-refractivity contribution in [2.45, 2.75) is 19.8 Å². The molecule has 104 valence electrons. The monoisotopic (exact) mass is 257 g/mol. The van der Waals surface area contributed by atoms with Gasteiger partial charge in [-0.2, -0.15) is 0 Å². The van der Waals surface area contributed by atoms with Crippen LogP contribution in [0.25, 0.3) is 0 Å². The molecule has 1 unspecified atom stereocenters. The third-order valence-corrected chi connectivity index (χ3v) is 3.18. The van der Waals surface area contributed by atoms with Crippen LogP contribution in [-0.4, -0.2) is 51.7 Å². The first kappa shape index (κ1) is 14.9. The lowest BCUT2D eigenvalue weighted by atomic mass is 9.82. The second-order valence-electron chi connectivity index (χ2n) is 4.87. The van der Waals surface area contributed by atoms with Gasteiger partial charge < -0.3 is 20.7 Å². The Bertz CT molecular complexity index is 288. The Labute approximate surface area is 108 Å². The van der Waals surface area contributed by atoms with Crippen LogP contribution in [0.2, 0.25) is 0 Å². The smallest absolute Gasteiger partial charge is 0.239 e. The molecule has 0 radical (unpaired) electrons. The Hall–Kier alpha value is -1.14. The highest BCUT2D eigenvalue weighted by atomic mass is 16.5. The molecule has 2 amide bonds. The molecule has 0 saturated carbocycles. The highest BCUT2D eigenvalue weighted by Crippen LogP contribution is 2.25. The molecule has 0 aromatic carbocycles. The average Bonchev–Trinajstić information content (AvgIpc) is 2.37. The fourth-order valence-corrected chi connectivity index (χ4v) is 1.98. The molecular weight excluding hydrogens is 234 g/mol. The molecule has 0 spiro atoms.